The number of aryl methyl sites for hydroxylation is 1. The van der Waals surface area contributed by atoms with Gasteiger partial charge >= 0.3 is 0 Å². The predicted octanol–water partition coefficient (Wildman–Crippen LogP) is 3.40. The van der Waals surface area contributed by atoms with Crippen molar-refractivity contribution in [3.8, 4) is 5.75 Å². The molecular weight excluding hydrogens is 368 g/mol. The minimum absolute atomic E-state index is 0.206. The van der Waals surface area contributed by atoms with Crippen LogP contribution < -0.4 is 9.96 Å². The number of sulfonamides is 1. The fourth-order valence-corrected chi connectivity index (χ4v) is 5.04. The second kappa shape index (κ2) is 7.85. The van der Waals surface area contributed by atoms with Crippen LogP contribution in [0.2, 0.25) is 0 Å². The maximum Gasteiger partial charge on any atom is 0.243 e. The quantitative estimate of drug-likeness (QED) is 0.702. The molecule has 0 N–H and O–H groups in total. The van der Waals surface area contributed by atoms with Gasteiger partial charge in [0.25, 0.3) is 0 Å². The SMILES string of the molecule is COc1ccc(C2CCCN2S(=O)(=O)c2ccc(C)cc2)cc1N([O-])OC. The van der Waals surface area contributed by atoms with E-state index in [2.05, 4.69) is 0 Å². The Morgan fingerprint density at radius 1 is 1.15 bits per heavy atom. The van der Waals surface area contributed by atoms with Crippen molar-refractivity contribution < 1.29 is 18.0 Å². The van der Waals surface area contributed by atoms with Crippen molar-refractivity contribution in [3.63, 3.8) is 0 Å². The fourth-order valence-electron chi connectivity index (χ4n) is 3.36. The molecule has 2 aromatic rings. The Morgan fingerprint density at radius 2 is 1.85 bits per heavy atom. The van der Waals surface area contributed by atoms with Gasteiger partial charge in [-0.3, -0.25) is 4.84 Å². The van der Waals surface area contributed by atoms with Crippen LogP contribution >= 0.6 is 0 Å². The first kappa shape index (κ1) is 19.6. The summed E-state index contributed by atoms with van der Waals surface area (Å²) in [6, 6.07) is 11.6. The van der Waals surface area contributed by atoms with Crippen LogP contribution in [-0.2, 0) is 14.9 Å². The molecule has 0 saturated carbocycles. The van der Waals surface area contributed by atoms with E-state index in [0.717, 1.165) is 17.5 Å². The van der Waals surface area contributed by atoms with Gasteiger partial charge in [0.1, 0.15) is 5.75 Å². The van der Waals surface area contributed by atoms with Gasteiger partial charge in [0.15, 0.2) is 0 Å². The molecule has 1 unspecified atom stereocenters. The average Bonchev–Trinajstić information content (AvgIpc) is 3.18. The van der Waals surface area contributed by atoms with Gasteiger partial charge in [0, 0.05) is 6.54 Å². The molecule has 0 aliphatic carbocycles. The van der Waals surface area contributed by atoms with E-state index < -0.39 is 10.0 Å². The van der Waals surface area contributed by atoms with Crippen LogP contribution in [0.1, 0.15) is 30.0 Å². The van der Waals surface area contributed by atoms with E-state index in [1.165, 1.54) is 18.5 Å². The summed E-state index contributed by atoms with van der Waals surface area (Å²) in [5, 5.41) is 12.3. The third-order valence-corrected chi connectivity index (χ3v) is 6.70. The van der Waals surface area contributed by atoms with E-state index in [4.69, 9.17) is 9.57 Å². The van der Waals surface area contributed by atoms with E-state index >= 15 is 0 Å². The van der Waals surface area contributed by atoms with Crippen LogP contribution in [0.3, 0.4) is 0 Å². The summed E-state index contributed by atoms with van der Waals surface area (Å²) in [5.41, 5.74) is 1.94. The Balaban J connectivity index is 1.98. The topological polar surface area (TPSA) is 82.1 Å². The summed E-state index contributed by atoms with van der Waals surface area (Å²) in [5.74, 6) is 0.363. The zero-order chi connectivity index (χ0) is 19.6. The number of anilines is 1. The van der Waals surface area contributed by atoms with Crippen molar-refractivity contribution in [2.24, 2.45) is 0 Å². The lowest BCUT2D eigenvalue weighted by molar-refractivity contribution is 0.195. The molecule has 7 nitrogen and oxygen atoms in total. The monoisotopic (exact) mass is 391 g/mol. The summed E-state index contributed by atoms with van der Waals surface area (Å²) in [4.78, 5) is 5.01. The summed E-state index contributed by atoms with van der Waals surface area (Å²) in [6.45, 7) is 2.35. The van der Waals surface area contributed by atoms with Gasteiger partial charge in [0.2, 0.25) is 10.0 Å². The zero-order valence-electron chi connectivity index (χ0n) is 15.6. The lowest BCUT2D eigenvalue weighted by atomic mass is 10.0. The number of ether oxygens (including phenoxy) is 1. The highest BCUT2D eigenvalue weighted by Gasteiger charge is 2.36. The van der Waals surface area contributed by atoms with Crippen molar-refractivity contribution in [1.29, 1.82) is 0 Å². The van der Waals surface area contributed by atoms with Gasteiger partial charge < -0.3 is 15.2 Å². The molecule has 0 radical (unpaired) electrons. The van der Waals surface area contributed by atoms with Crippen LogP contribution in [0.5, 0.6) is 5.75 Å². The number of nitrogens with zero attached hydrogens (tertiary/aromatic N) is 2. The van der Waals surface area contributed by atoms with Crippen LogP contribution in [0.25, 0.3) is 0 Å². The zero-order valence-corrected chi connectivity index (χ0v) is 16.4. The third kappa shape index (κ3) is 3.79. The molecular formula is C19H23N2O5S-. The summed E-state index contributed by atoms with van der Waals surface area (Å²) >= 11 is 0. The van der Waals surface area contributed by atoms with Gasteiger partial charge in [-0.15, -0.1) is 0 Å². The number of benzene rings is 2. The molecule has 146 valence electrons. The van der Waals surface area contributed by atoms with Crippen molar-refractivity contribution in [1.82, 2.24) is 4.31 Å². The highest BCUT2D eigenvalue weighted by Crippen LogP contribution is 2.40. The lowest BCUT2D eigenvalue weighted by Gasteiger charge is -2.30. The molecule has 1 fully saturated rings. The van der Waals surface area contributed by atoms with Crippen molar-refractivity contribution in [2.75, 3.05) is 26.0 Å². The highest BCUT2D eigenvalue weighted by atomic mass is 32.2. The molecule has 0 bridgehead atoms. The standard InChI is InChI=1S/C19H23N2O5S/c1-14-6-9-16(10-7-14)27(23,24)20-12-4-5-17(20)15-8-11-19(25-2)18(13-15)21(22)26-3/h6-11,13,17H,4-5,12H2,1-3H3/q-1. The Labute approximate surface area is 159 Å². The Kier molecular flexibility index (Phi) is 5.71. The van der Waals surface area contributed by atoms with Gasteiger partial charge in [-0.25, -0.2) is 8.42 Å². The lowest BCUT2D eigenvalue weighted by Crippen LogP contribution is -2.30. The molecule has 2 aromatic carbocycles. The van der Waals surface area contributed by atoms with Crippen LogP contribution in [0.4, 0.5) is 5.69 Å². The molecule has 1 atom stereocenters. The molecule has 1 aliphatic heterocycles. The third-order valence-electron chi connectivity index (χ3n) is 4.78. The summed E-state index contributed by atoms with van der Waals surface area (Å²) in [6.07, 6.45) is 1.44. The first-order chi connectivity index (χ1) is 12.9. The Bertz CT molecular complexity index is 899. The molecule has 0 amide bonds. The molecule has 1 aliphatic rings. The van der Waals surface area contributed by atoms with Crippen LogP contribution in [0.15, 0.2) is 47.4 Å². The maximum atomic E-state index is 13.1. The summed E-state index contributed by atoms with van der Waals surface area (Å²) < 4.78 is 33.0. The predicted molar refractivity (Wildman–Crippen MR) is 103 cm³/mol. The van der Waals surface area contributed by atoms with Crippen LogP contribution in [-0.4, -0.2) is 33.5 Å². The molecule has 0 aromatic heterocycles. The van der Waals surface area contributed by atoms with E-state index in [1.54, 1.807) is 42.5 Å². The fraction of sp³-hybridized carbons (Fsp3) is 0.368. The van der Waals surface area contributed by atoms with E-state index in [9.17, 15) is 13.6 Å². The van der Waals surface area contributed by atoms with Crippen molar-refractivity contribution in [3.05, 3.63) is 58.8 Å². The molecule has 0 spiro atoms. The normalized spacial score (nSPS) is 17.9. The number of hydrogen-bond donors (Lipinski definition) is 0. The first-order valence-corrected chi connectivity index (χ1v) is 10.1. The van der Waals surface area contributed by atoms with Crippen molar-refractivity contribution in [2.45, 2.75) is 30.7 Å². The van der Waals surface area contributed by atoms with Gasteiger partial charge in [-0.2, -0.15) is 4.31 Å². The number of hydrogen-bond acceptors (Lipinski definition) is 6. The Morgan fingerprint density at radius 3 is 2.48 bits per heavy atom. The summed E-state index contributed by atoms with van der Waals surface area (Å²) in [7, 11) is -0.897. The first-order valence-electron chi connectivity index (χ1n) is 8.66. The van der Waals surface area contributed by atoms with Gasteiger partial charge in [-0.1, -0.05) is 23.8 Å². The Hall–Kier alpha value is -2.13. The largest absolute Gasteiger partial charge is 0.733 e. The molecule has 3 rings (SSSR count). The minimum atomic E-state index is -3.63. The second-order valence-electron chi connectivity index (χ2n) is 6.46. The molecule has 27 heavy (non-hydrogen) atoms. The molecule has 1 saturated heterocycles. The van der Waals surface area contributed by atoms with Gasteiger partial charge in [-0.05, 0) is 49.6 Å². The van der Waals surface area contributed by atoms with Crippen LogP contribution in [0, 0.1) is 12.1 Å². The highest BCUT2D eigenvalue weighted by molar-refractivity contribution is 7.89. The van der Waals surface area contributed by atoms with Gasteiger partial charge in [0.05, 0.1) is 30.8 Å². The average molecular weight is 391 g/mol. The van der Waals surface area contributed by atoms with Crippen molar-refractivity contribution >= 4 is 15.7 Å². The molecule has 8 heteroatoms. The van der Waals surface area contributed by atoms with E-state index in [1.807, 2.05) is 6.92 Å². The van der Waals surface area contributed by atoms with E-state index in [0.29, 0.717) is 23.9 Å². The maximum absolute atomic E-state index is 13.1. The minimum Gasteiger partial charge on any atom is -0.733 e. The van der Waals surface area contributed by atoms with E-state index in [-0.39, 0.29) is 16.6 Å². The molecule has 1 heterocycles. The second-order valence-corrected chi connectivity index (χ2v) is 8.35. The smallest absolute Gasteiger partial charge is 0.243 e. The number of methoxy groups -OCH3 is 1. The number of rotatable bonds is 6.